The van der Waals surface area contributed by atoms with Gasteiger partial charge in [0.1, 0.15) is 0 Å². The van der Waals surface area contributed by atoms with E-state index in [1.807, 2.05) is 0 Å². The Morgan fingerprint density at radius 1 is 1.27 bits per heavy atom. The Hall–Kier alpha value is 1.59. The third-order valence-electron chi connectivity index (χ3n) is 0. The minimum atomic E-state index is -4.67. The van der Waals surface area contributed by atoms with Gasteiger partial charge in [0.15, 0.2) is 0 Å². The maximum absolute atomic E-state index is 8.74. The van der Waals surface area contributed by atoms with Crippen molar-refractivity contribution in [2.45, 2.75) is 0 Å². The summed E-state index contributed by atoms with van der Waals surface area (Å²) in [6.07, 6.45) is 0. The van der Waals surface area contributed by atoms with Gasteiger partial charge in [-0.25, -0.2) is 0 Å². The summed E-state index contributed by atoms with van der Waals surface area (Å²) in [5, 5.41) is 13.6. The van der Waals surface area contributed by atoms with Gasteiger partial charge in [0, 0.05) is 0 Å². The first-order chi connectivity index (χ1) is 3.73. The zero-order valence-corrected chi connectivity index (χ0v) is 7.56. The van der Waals surface area contributed by atoms with Crippen LogP contribution in [0.15, 0.2) is 0 Å². The van der Waals surface area contributed by atoms with E-state index < -0.39 is 15.5 Å². The Kier molecular flexibility index (Phi) is 24.1. The third kappa shape index (κ3) is 422. The number of hydrogen-bond acceptors (Lipinski definition) is 4. The van der Waals surface area contributed by atoms with Gasteiger partial charge >= 0.3 is 85.9 Å². The van der Waals surface area contributed by atoms with E-state index in [9.17, 15) is 0 Å². The summed E-state index contributed by atoms with van der Waals surface area (Å²) in [5.41, 5.74) is 0. The van der Waals surface area contributed by atoms with Crippen LogP contribution in [0.25, 0.3) is 0 Å². The van der Waals surface area contributed by atoms with Crippen LogP contribution in [0.3, 0.4) is 0 Å². The van der Waals surface area contributed by atoms with E-state index in [4.69, 9.17) is 32.8 Å². The third-order valence-corrected chi connectivity index (χ3v) is 0. The molecule has 3 N–H and O–H groups in total. The van der Waals surface area contributed by atoms with Crippen molar-refractivity contribution in [1.29, 1.82) is 0 Å². The molecule has 0 bridgehead atoms. The SMILES string of the molecule is O=S(=O)(O)O.O=[N+]([O-])O.[Ca+2].[CaH2]. The van der Waals surface area contributed by atoms with E-state index in [-0.39, 0.29) is 75.5 Å². The molecule has 0 saturated heterocycles. The van der Waals surface area contributed by atoms with Crippen molar-refractivity contribution in [1.82, 2.24) is 0 Å². The quantitative estimate of drug-likeness (QED) is 0.188. The van der Waals surface area contributed by atoms with Gasteiger partial charge in [-0.15, -0.1) is 10.1 Å². The van der Waals surface area contributed by atoms with Crippen LogP contribution in [-0.2, 0) is 10.4 Å². The fraction of sp³-hybridized carbons (Fsp3) is 0. The summed E-state index contributed by atoms with van der Waals surface area (Å²) < 4.78 is 31.6. The van der Waals surface area contributed by atoms with Crippen LogP contribution in [0.4, 0.5) is 0 Å². The molecule has 11 heteroatoms. The molecule has 0 fully saturated rings. The van der Waals surface area contributed by atoms with Crippen LogP contribution >= 0.6 is 0 Å². The summed E-state index contributed by atoms with van der Waals surface area (Å²) in [6, 6.07) is 0. The molecule has 11 heavy (non-hydrogen) atoms. The van der Waals surface area contributed by atoms with Crippen LogP contribution < -0.4 is 0 Å². The second-order valence-electron chi connectivity index (χ2n) is 0.686. The van der Waals surface area contributed by atoms with E-state index in [0.717, 1.165) is 0 Å². The Labute approximate surface area is 122 Å². The van der Waals surface area contributed by atoms with Crippen LogP contribution in [0.5, 0.6) is 0 Å². The molecule has 0 aromatic carbocycles. The van der Waals surface area contributed by atoms with Crippen molar-refractivity contribution in [3.63, 3.8) is 0 Å². The predicted octanol–water partition coefficient (Wildman–Crippen LogP) is -2.30. The summed E-state index contributed by atoms with van der Waals surface area (Å²) >= 11 is 0. The minimum absolute atomic E-state index is 0. The van der Waals surface area contributed by atoms with Crippen molar-refractivity contribution in [3.8, 4) is 0 Å². The Morgan fingerprint density at radius 2 is 1.27 bits per heavy atom. The molecular weight excluding hydrogens is 238 g/mol. The second kappa shape index (κ2) is 11.6. The standard InChI is InChI=1S/2Ca.HNO3.H2O4S.2H/c;;2-1(3)4;1-5(2,3)4;;/h;;(H,2,3,4);(H2,1,2,3,4);;/q;+2;;;;. The predicted molar refractivity (Wildman–Crippen MR) is 37.3 cm³/mol. The van der Waals surface area contributed by atoms with Gasteiger partial charge < -0.3 is 5.21 Å². The fourth-order valence-corrected chi connectivity index (χ4v) is 0. The van der Waals surface area contributed by atoms with E-state index >= 15 is 0 Å². The average molecular weight is 243 g/mol. The van der Waals surface area contributed by atoms with Crippen molar-refractivity contribution in [3.05, 3.63) is 10.1 Å². The van der Waals surface area contributed by atoms with Gasteiger partial charge in [-0.2, -0.15) is 8.42 Å². The molecular formula is H5Ca2NO7S+2. The molecule has 0 aromatic rings. The molecule has 0 aliphatic rings. The molecule has 0 radical (unpaired) electrons. The van der Waals surface area contributed by atoms with Crippen LogP contribution in [-0.4, -0.2) is 103 Å². The van der Waals surface area contributed by atoms with Gasteiger partial charge in [0.25, 0.3) is 5.09 Å². The Morgan fingerprint density at radius 3 is 1.27 bits per heavy atom. The van der Waals surface area contributed by atoms with Crippen LogP contribution in [0.2, 0.25) is 0 Å². The molecule has 0 amide bonds. The van der Waals surface area contributed by atoms with Crippen LogP contribution in [0.1, 0.15) is 0 Å². The molecule has 0 aliphatic carbocycles. The number of nitrogens with zero attached hydrogens (tertiary/aromatic N) is 1. The molecule has 0 heterocycles. The first kappa shape index (κ1) is 22.9. The van der Waals surface area contributed by atoms with Gasteiger partial charge in [-0.05, 0) is 0 Å². The van der Waals surface area contributed by atoms with Gasteiger partial charge in [0.05, 0.1) is 0 Å². The van der Waals surface area contributed by atoms with Gasteiger partial charge in [0.2, 0.25) is 0 Å². The summed E-state index contributed by atoms with van der Waals surface area (Å²) in [6.45, 7) is 0. The summed E-state index contributed by atoms with van der Waals surface area (Å²) in [5.74, 6) is 0. The van der Waals surface area contributed by atoms with Crippen molar-refractivity contribution in [2.24, 2.45) is 0 Å². The van der Waals surface area contributed by atoms with Crippen molar-refractivity contribution in [2.75, 3.05) is 0 Å². The van der Waals surface area contributed by atoms with E-state index in [1.165, 1.54) is 0 Å². The maximum atomic E-state index is 8.74. The molecule has 0 saturated carbocycles. The summed E-state index contributed by atoms with van der Waals surface area (Å²) in [4.78, 5) is 8.36. The summed E-state index contributed by atoms with van der Waals surface area (Å²) in [7, 11) is -4.67. The van der Waals surface area contributed by atoms with Gasteiger partial charge in [-0.3, -0.25) is 9.11 Å². The van der Waals surface area contributed by atoms with E-state index in [1.54, 1.807) is 0 Å². The molecule has 8 nitrogen and oxygen atoms in total. The first-order valence-corrected chi connectivity index (χ1v) is 2.66. The molecule has 0 aromatic heterocycles. The number of rotatable bonds is 0. The Bertz CT molecular complexity index is 159. The fourth-order valence-electron chi connectivity index (χ4n) is 0. The van der Waals surface area contributed by atoms with E-state index in [0.29, 0.717) is 0 Å². The van der Waals surface area contributed by atoms with Crippen LogP contribution in [0, 0.1) is 10.1 Å². The average Bonchev–Trinajstić information content (AvgIpc) is 1.19. The zero-order valence-electron chi connectivity index (χ0n) is 4.54. The van der Waals surface area contributed by atoms with Crippen molar-refractivity contribution >= 4 is 85.9 Å². The molecule has 0 aliphatic heterocycles. The normalized spacial score (nSPS) is 7.45. The molecule has 0 spiro atoms. The van der Waals surface area contributed by atoms with Gasteiger partial charge in [-0.1, -0.05) is 0 Å². The topological polar surface area (TPSA) is 138 Å². The van der Waals surface area contributed by atoms with Crippen molar-refractivity contribution < 1.29 is 27.8 Å². The van der Waals surface area contributed by atoms with E-state index in [2.05, 4.69) is 0 Å². The molecule has 60 valence electrons. The monoisotopic (exact) mass is 243 g/mol. The number of hydrogen-bond donors (Lipinski definition) is 3. The molecule has 0 rings (SSSR count). The molecule has 0 unspecified atom stereocenters. The molecule has 0 atom stereocenters. The zero-order chi connectivity index (χ0) is 8.08. The second-order valence-corrected chi connectivity index (χ2v) is 1.58. The first-order valence-electron chi connectivity index (χ1n) is 1.26. The Balaban J connectivity index is -0.0000000383.